The van der Waals surface area contributed by atoms with Crippen molar-refractivity contribution in [1.82, 2.24) is 15.2 Å². The number of halogens is 3. The Kier molecular flexibility index (Phi) is 6.04. The van der Waals surface area contributed by atoms with Gasteiger partial charge < -0.3 is 15.3 Å². The van der Waals surface area contributed by atoms with Gasteiger partial charge >= 0.3 is 0 Å². The monoisotopic (exact) mass is 339 g/mol. The van der Waals surface area contributed by atoms with Crippen LogP contribution in [0, 0.1) is 0 Å². The highest BCUT2D eigenvalue weighted by Gasteiger charge is 2.24. The summed E-state index contributed by atoms with van der Waals surface area (Å²) >= 11 is 17.5. The molecular weight excluding hydrogens is 325 g/mol. The van der Waals surface area contributed by atoms with Crippen molar-refractivity contribution < 1.29 is 9.90 Å². The lowest BCUT2D eigenvalue weighted by Gasteiger charge is -2.27. The largest absolute Gasteiger partial charge is 0.387 e. The highest BCUT2D eigenvalue weighted by Crippen LogP contribution is 2.30. The molecule has 1 aromatic rings. The molecule has 2 N–H and O–H groups in total. The van der Waals surface area contributed by atoms with Crippen molar-refractivity contribution in [2.45, 2.75) is 12.5 Å². The summed E-state index contributed by atoms with van der Waals surface area (Å²) in [6.07, 6.45) is 1.25. The first-order chi connectivity index (χ1) is 9.14. The number of nitrogens with one attached hydrogen (secondary N) is 1. The van der Waals surface area contributed by atoms with Crippen molar-refractivity contribution in [1.29, 1.82) is 0 Å². The fourth-order valence-electron chi connectivity index (χ4n) is 1.69. The molecule has 0 aliphatic carbocycles. The van der Waals surface area contributed by atoms with Crippen LogP contribution in [0.4, 0.5) is 0 Å². The molecule has 112 valence electrons. The van der Waals surface area contributed by atoms with E-state index >= 15 is 0 Å². The first-order valence-corrected chi connectivity index (χ1v) is 6.92. The van der Waals surface area contributed by atoms with Gasteiger partial charge in [-0.3, -0.25) is 4.79 Å². The highest BCUT2D eigenvalue weighted by molar-refractivity contribution is 6.48. The first kappa shape index (κ1) is 17.5. The fraction of sp³-hybridized carbons (Fsp3) is 0.500. The number of carbonyl (C=O) groups excluding carboxylic acids is 1. The maximum absolute atomic E-state index is 12.0. The van der Waals surface area contributed by atoms with Crippen LogP contribution in [0.1, 0.15) is 17.4 Å². The lowest BCUT2D eigenvalue weighted by atomic mass is 10.1. The molecule has 0 saturated carbocycles. The third-order valence-electron chi connectivity index (χ3n) is 2.42. The minimum absolute atomic E-state index is 0.0103. The molecule has 0 saturated heterocycles. The van der Waals surface area contributed by atoms with Gasteiger partial charge in [0, 0.05) is 19.3 Å². The van der Waals surface area contributed by atoms with Crippen LogP contribution in [0.3, 0.4) is 0 Å². The number of hydrogen-bond acceptors (Lipinski definition) is 4. The zero-order chi connectivity index (χ0) is 15.5. The lowest BCUT2D eigenvalue weighted by molar-refractivity contribution is 0.0325. The Balaban J connectivity index is 2.76. The van der Waals surface area contributed by atoms with Gasteiger partial charge in [0.25, 0.3) is 5.91 Å². The summed E-state index contributed by atoms with van der Waals surface area (Å²) in [7, 11) is 3.65. The first-order valence-electron chi connectivity index (χ1n) is 5.79. The minimum Gasteiger partial charge on any atom is -0.387 e. The summed E-state index contributed by atoms with van der Waals surface area (Å²) in [5, 5.41) is 12.9. The van der Waals surface area contributed by atoms with Gasteiger partial charge in [-0.25, -0.2) is 4.98 Å². The summed E-state index contributed by atoms with van der Waals surface area (Å²) in [6.45, 7) is 2.08. The van der Waals surface area contributed by atoms with Gasteiger partial charge in [-0.1, -0.05) is 34.8 Å². The predicted molar refractivity (Wildman–Crippen MR) is 80.8 cm³/mol. The molecule has 1 unspecified atom stereocenters. The van der Waals surface area contributed by atoms with E-state index in [1.165, 1.54) is 6.20 Å². The third kappa shape index (κ3) is 4.75. The lowest BCUT2D eigenvalue weighted by Crippen LogP contribution is -2.47. The van der Waals surface area contributed by atoms with Crippen molar-refractivity contribution in [2.24, 2.45) is 0 Å². The smallest absolute Gasteiger partial charge is 0.271 e. The van der Waals surface area contributed by atoms with E-state index in [4.69, 9.17) is 34.8 Å². The number of pyridine rings is 1. The Hall–Kier alpha value is -0.590. The summed E-state index contributed by atoms with van der Waals surface area (Å²) in [5.41, 5.74) is -1.09. The summed E-state index contributed by atoms with van der Waals surface area (Å²) in [4.78, 5) is 17.6. The third-order valence-corrected chi connectivity index (χ3v) is 3.66. The Morgan fingerprint density at radius 2 is 2.00 bits per heavy atom. The molecule has 1 aromatic heterocycles. The average Bonchev–Trinajstić information content (AvgIpc) is 2.32. The normalized spacial score (nSPS) is 14.2. The molecule has 8 heteroatoms. The van der Waals surface area contributed by atoms with Gasteiger partial charge in [0.2, 0.25) is 0 Å². The Morgan fingerprint density at radius 1 is 1.40 bits per heavy atom. The van der Waals surface area contributed by atoms with Crippen LogP contribution in [0.25, 0.3) is 0 Å². The minimum atomic E-state index is -1.07. The van der Waals surface area contributed by atoms with Gasteiger partial charge in [-0.05, 0) is 21.0 Å². The molecule has 1 rings (SSSR count). The van der Waals surface area contributed by atoms with Crippen molar-refractivity contribution >= 4 is 40.7 Å². The van der Waals surface area contributed by atoms with Gasteiger partial charge in [-0.15, -0.1) is 0 Å². The molecule has 0 aliphatic heterocycles. The number of rotatable bonds is 5. The van der Waals surface area contributed by atoms with E-state index in [1.807, 2.05) is 19.0 Å². The molecule has 0 aromatic carbocycles. The van der Waals surface area contributed by atoms with E-state index in [0.717, 1.165) is 0 Å². The second-order valence-electron chi connectivity index (χ2n) is 5.00. The molecular formula is C12H16Cl3N3O2. The van der Waals surface area contributed by atoms with Gasteiger partial charge in [0.15, 0.2) is 0 Å². The topological polar surface area (TPSA) is 65.5 Å². The van der Waals surface area contributed by atoms with E-state index in [0.29, 0.717) is 6.54 Å². The van der Waals surface area contributed by atoms with E-state index < -0.39 is 11.5 Å². The van der Waals surface area contributed by atoms with Gasteiger partial charge in [-0.2, -0.15) is 0 Å². The molecule has 1 amide bonds. The van der Waals surface area contributed by atoms with Crippen LogP contribution in [-0.4, -0.2) is 53.7 Å². The predicted octanol–water partition coefficient (Wildman–Crippen LogP) is 2.08. The molecule has 1 atom stereocenters. The Bertz CT molecular complexity index is 507. The van der Waals surface area contributed by atoms with Crippen LogP contribution < -0.4 is 5.32 Å². The van der Waals surface area contributed by atoms with Gasteiger partial charge in [0.05, 0.1) is 20.7 Å². The van der Waals surface area contributed by atoms with Crippen LogP contribution in [0.5, 0.6) is 0 Å². The van der Waals surface area contributed by atoms with Crippen LogP contribution in [0.2, 0.25) is 15.1 Å². The summed E-state index contributed by atoms with van der Waals surface area (Å²) < 4.78 is 0. The number of amides is 1. The highest BCUT2D eigenvalue weighted by atomic mass is 35.5. The number of aromatic nitrogens is 1. The molecule has 0 radical (unpaired) electrons. The molecule has 0 fully saturated rings. The van der Waals surface area contributed by atoms with Crippen molar-refractivity contribution in [3.8, 4) is 0 Å². The summed E-state index contributed by atoms with van der Waals surface area (Å²) in [6, 6.07) is 0. The number of carbonyl (C=O) groups is 1. The van der Waals surface area contributed by atoms with Crippen molar-refractivity contribution in [3.05, 3.63) is 27.0 Å². The van der Waals surface area contributed by atoms with Gasteiger partial charge in [0.1, 0.15) is 5.69 Å². The fourth-order valence-corrected chi connectivity index (χ4v) is 2.26. The van der Waals surface area contributed by atoms with Crippen LogP contribution >= 0.6 is 34.8 Å². The average molecular weight is 341 g/mol. The van der Waals surface area contributed by atoms with E-state index in [-0.39, 0.29) is 27.3 Å². The Labute approximate surface area is 132 Å². The number of hydrogen-bond donors (Lipinski definition) is 2. The Morgan fingerprint density at radius 3 is 2.55 bits per heavy atom. The summed E-state index contributed by atoms with van der Waals surface area (Å²) in [5.74, 6) is -0.521. The second-order valence-corrected chi connectivity index (χ2v) is 6.16. The molecule has 0 aliphatic rings. The molecule has 20 heavy (non-hydrogen) atoms. The number of aliphatic hydroxyl groups is 1. The van der Waals surface area contributed by atoms with Crippen molar-refractivity contribution in [3.63, 3.8) is 0 Å². The number of likely N-dealkylation sites (N-methyl/N-ethyl adjacent to an activating group) is 1. The van der Waals surface area contributed by atoms with Crippen LogP contribution in [-0.2, 0) is 0 Å². The van der Waals surface area contributed by atoms with Crippen molar-refractivity contribution in [2.75, 3.05) is 27.2 Å². The van der Waals surface area contributed by atoms with E-state index in [2.05, 4.69) is 10.3 Å². The zero-order valence-electron chi connectivity index (χ0n) is 11.4. The second kappa shape index (κ2) is 6.91. The van der Waals surface area contributed by atoms with E-state index in [9.17, 15) is 9.90 Å². The maximum Gasteiger partial charge on any atom is 0.271 e. The molecule has 5 nitrogen and oxygen atoms in total. The molecule has 0 spiro atoms. The number of nitrogens with zero attached hydrogens (tertiary/aromatic N) is 2. The maximum atomic E-state index is 12.0. The SMILES string of the molecule is CN(C)CC(C)(O)CNC(=O)c1ncc(Cl)c(Cl)c1Cl. The standard InChI is InChI=1S/C12H16Cl3N3O2/c1-12(20,6-18(2)3)5-17-11(19)10-9(15)8(14)7(13)4-16-10/h4,20H,5-6H2,1-3H3,(H,17,19). The van der Waals surface area contributed by atoms with Crippen LogP contribution in [0.15, 0.2) is 6.20 Å². The van der Waals surface area contributed by atoms with E-state index in [1.54, 1.807) is 6.92 Å². The zero-order valence-corrected chi connectivity index (χ0v) is 13.6. The quantitative estimate of drug-likeness (QED) is 0.861. The molecule has 1 heterocycles. The molecule has 0 bridgehead atoms.